The summed E-state index contributed by atoms with van der Waals surface area (Å²) in [6.45, 7) is 0. The number of aromatic nitrogens is 1. The second kappa shape index (κ2) is 7.84. The van der Waals surface area contributed by atoms with Crippen LogP contribution in [0.4, 0.5) is 5.69 Å². The number of carbonyl (C=O) groups is 2. The predicted molar refractivity (Wildman–Crippen MR) is 115 cm³/mol. The molecule has 1 amide bonds. The molecule has 4 rings (SSSR count). The van der Waals surface area contributed by atoms with Crippen LogP contribution in [0.3, 0.4) is 0 Å². The van der Waals surface area contributed by atoms with Crippen LogP contribution in [0.15, 0.2) is 59.4 Å². The third-order valence-corrected chi connectivity index (χ3v) is 5.84. The number of amides is 1. The molecule has 3 aromatic rings. The van der Waals surface area contributed by atoms with Gasteiger partial charge in [-0.2, -0.15) is 0 Å². The van der Waals surface area contributed by atoms with Crippen molar-refractivity contribution < 1.29 is 9.59 Å². The number of hydrogen-bond donors (Lipinski definition) is 0. The van der Waals surface area contributed by atoms with Crippen molar-refractivity contribution in [2.75, 3.05) is 11.9 Å². The van der Waals surface area contributed by atoms with Crippen LogP contribution >= 0.6 is 11.6 Å². The quantitative estimate of drug-likeness (QED) is 0.627. The number of fused-ring (bicyclic) bond motifs is 1. The largest absolute Gasteiger partial charge is 0.311 e. The summed E-state index contributed by atoms with van der Waals surface area (Å²) in [5.74, 6) is -0.848. The van der Waals surface area contributed by atoms with Crippen molar-refractivity contribution in [1.82, 2.24) is 4.57 Å². The van der Waals surface area contributed by atoms with Gasteiger partial charge in [-0.1, -0.05) is 42.6 Å². The smallest absolute Gasteiger partial charge is 0.270 e. The van der Waals surface area contributed by atoms with E-state index in [4.69, 9.17) is 11.6 Å². The highest BCUT2D eigenvalue weighted by Gasteiger charge is 2.28. The topological polar surface area (TPSA) is 59.4 Å². The molecule has 1 fully saturated rings. The highest BCUT2D eigenvalue weighted by molar-refractivity contribution is 6.30. The van der Waals surface area contributed by atoms with E-state index in [1.54, 1.807) is 49.5 Å². The van der Waals surface area contributed by atoms with Crippen LogP contribution in [-0.4, -0.2) is 23.4 Å². The summed E-state index contributed by atoms with van der Waals surface area (Å²) in [5.41, 5.74) is 0.569. The fourth-order valence-electron chi connectivity index (χ4n) is 3.95. The van der Waals surface area contributed by atoms with Crippen LogP contribution in [0.1, 0.15) is 40.8 Å². The molecule has 0 saturated heterocycles. The summed E-state index contributed by atoms with van der Waals surface area (Å²) in [5, 5.41) is 1.25. The fraction of sp³-hybridized carbons (Fsp3) is 0.261. The van der Waals surface area contributed by atoms with Crippen molar-refractivity contribution in [1.29, 1.82) is 0 Å². The van der Waals surface area contributed by atoms with Crippen LogP contribution in [0, 0.1) is 5.92 Å². The fourth-order valence-corrected chi connectivity index (χ4v) is 4.08. The van der Waals surface area contributed by atoms with E-state index in [0.29, 0.717) is 21.6 Å². The molecule has 1 aliphatic carbocycles. The Morgan fingerprint density at radius 2 is 1.69 bits per heavy atom. The molecule has 1 heterocycles. The number of halogens is 1. The Labute approximate surface area is 173 Å². The van der Waals surface area contributed by atoms with Gasteiger partial charge < -0.3 is 4.90 Å². The van der Waals surface area contributed by atoms with Gasteiger partial charge in [-0.3, -0.25) is 14.4 Å². The molecule has 1 aliphatic rings. The monoisotopic (exact) mass is 408 g/mol. The molecule has 5 nitrogen and oxygen atoms in total. The average molecular weight is 409 g/mol. The van der Waals surface area contributed by atoms with Gasteiger partial charge in [0.15, 0.2) is 0 Å². The minimum atomic E-state index is -0.564. The Morgan fingerprint density at radius 3 is 2.38 bits per heavy atom. The van der Waals surface area contributed by atoms with Gasteiger partial charge in [0.25, 0.3) is 11.5 Å². The zero-order valence-electron chi connectivity index (χ0n) is 16.1. The van der Waals surface area contributed by atoms with E-state index in [1.807, 2.05) is 12.1 Å². The van der Waals surface area contributed by atoms with E-state index >= 15 is 0 Å². The van der Waals surface area contributed by atoms with Crippen molar-refractivity contribution in [3.05, 3.63) is 75.5 Å². The van der Waals surface area contributed by atoms with E-state index in [1.165, 1.54) is 9.47 Å². The third kappa shape index (κ3) is 3.58. The van der Waals surface area contributed by atoms with Crippen LogP contribution in [0.5, 0.6) is 0 Å². The maximum atomic E-state index is 13.3. The molecule has 0 spiro atoms. The molecule has 0 N–H and O–H groups in total. The van der Waals surface area contributed by atoms with Crippen molar-refractivity contribution in [2.45, 2.75) is 25.7 Å². The molecule has 0 atom stereocenters. The summed E-state index contributed by atoms with van der Waals surface area (Å²) in [4.78, 5) is 41.0. The van der Waals surface area contributed by atoms with Crippen LogP contribution in [0.25, 0.3) is 10.9 Å². The molecule has 2 aromatic carbocycles. The molecule has 1 aromatic heterocycles. The minimum Gasteiger partial charge on any atom is -0.311 e. The number of nitrogens with zero attached hydrogens (tertiary/aromatic N) is 2. The van der Waals surface area contributed by atoms with E-state index < -0.39 is 11.5 Å². The summed E-state index contributed by atoms with van der Waals surface area (Å²) in [6.07, 6.45) is 3.53. The Hall–Kier alpha value is -2.92. The maximum Gasteiger partial charge on any atom is 0.270 e. The molecule has 0 bridgehead atoms. The lowest BCUT2D eigenvalue weighted by atomic mass is 10.1. The SMILES string of the molecule is CN(C(=O)c1cc2ccccc2n(C(=O)C2CCCC2)c1=O)c1ccc(Cl)cc1. The van der Waals surface area contributed by atoms with Gasteiger partial charge in [0.2, 0.25) is 5.91 Å². The van der Waals surface area contributed by atoms with Gasteiger partial charge in [-0.25, -0.2) is 4.57 Å². The molecule has 0 unspecified atom stereocenters. The lowest BCUT2D eigenvalue weighted by Crippen LogP contribution is -2.38. The summed E-state index contributed by atoms with van der Waals surface area (Å²) in [6, 6.07) is 15.5. The number of anilines is 1. The van der Waals surface area contributed by atoms with Crippen LogP contribution < -0.4 is 10.5 Å². The second-order valence-electron chi connectivity index (χ2n) is 7.42. The van der Waals surface area contributed by atoms with Crippen molar-refractivity contribution in [3.8, 4) is 0 Å². The summed E-state index contributed by atoms with van der Waals surface area (Å²) < 4.78 is 1.20. The summed E-state index contributed by atoms with van der Waals surface area (Å²) in [7, 11) is 1.60. The van der Waals surface area contributed by atoms with Gasteiger partial charge >= 0.3 is 0 Å². The Bertz CT molecular complexity index is 1140. The first kappa shape index (κ1) is 19.4. The molecule has 1 saturated carbocycles. The van der Waals surface area contributed by atoms with Gasteiger partial charge in [-0.15, -0.1) is 0 Å². The van der Waals surface area contributed by atoms with Crippen molar-refractivity contribution in [3.63, 3.8) is 0 Å². The van der Waals surface area contributed by atoms with Crippen molar-refractivity contribution in [2.24, 2.45) is 5.92 Å². The van der Waals surface area contributed by atoms with E-state index in [-0.39, 0.29) is 17.4 Å². The molecular formula is C23H21ClN2O3. The average Bonchev–Trinajstić information content (AvgIpc) is 3.27. The van der Waals surface area contributed by atoms with Crippen LogP contribution in [-0.2, 0) is 0 Å². The molecule has 6 heteroatoms. The van der Waals surface area contributed by atoms with E-state index in [2.05, 4.69) is 0 Å². The number of benzene rings is 2. The number of hydrogen-bond acceptors (Lipinski definition) is 3. The van der Waals surface area contributed by atoms with Gasteiger partial charge in [0.05, 0.1) is 5.52 Å². The van der Waals surface area contributed by atoms with Gasteiger partial charge in [0, 0.05) is 23.7 Å². The minimum absolute atomic E-state index is 0.0208. The molecule has 0 aliphatic heterocycles. The molecule has 148 valence electrons. The van der Waals surface area contributed by atoms with Gasteiger partial charge in [-0.05, 0) is 54.6 Å². The predicted octanol–water partition coefficient (Wildman–Crippen LogP) is 4.76. The normalized spacial score (nSPS) is 14.3. The molecule has 0 radical (unpaired) electrons. The number of rotatable bonds is 3. The highest BCUT2D eigenvalue weighted by atomic mass is 35.5. The third-order valence-electron chi connectivity index (χ3n) is 5.58. The lowest BCUT2D eigenvalue weighted by Gasteiger charge is -2.19. The first-order valence-electron chi connectivity index (χ1n) is 9.70. The number of carbonyl (C=O) groups excluding carboxylic acids is 2. The Balaban J connectivity index is 1.83. The number of pyridine rings is 1. The lowest BCUT2D eigenvalue weighted by molar-refractivity contribution is 0.0838. The van der Waals surface area contributed by atoms with E-state index in [0.717, 1.165) is 25.7 Å². The highest BCUT2D eigenvalue weighted by Crippen LogP contribution is 2.27. The zero-order valence-corrected chi connectivity index (χ0v) is 16.9. The Morgan fingerprint density at radius 1 is 1.03 bits per heavy atom. The van der Waals surface area contributed by atoms with Crippen molar-refractivity contribution >= 4 is 40.0 Å². The van der Waals surface area contributed by atoms with Gasteiger partial charge in [0.1, 0.15) is 5.56 Å². The van der Waals surface area contributed by atoms with E-state index in [9.17, 15) is 14.4 Å². The number of para-hydroxylation sites is 1. The van der Waals surface area contributed by atoms with Crippen LogP contribution in [0.2, 0.25) is 5.02 Å². The molecule has 29 heavy (non-hydrogen) atoms. The zero-order chi connectivity index (χ0) is 20.5. The Kier molecular flexibility index (Phi) is 5.24. The molecular weight excluding hydrogens is 388 g/mol. The second-order valence-corrected chi connectivity index (χ2v) is 7.85. The first-order chi connectivity index (χ1) is 14.0. The first-order valence-corrected chi connectivity index (χ1v) is 10.1. The summed E-state index contributed by atoms with van der Waals surface area (Å²) >= 11 is 5.93. The standard InChI is InChI=1S/C23H21ClN2O3/c1-25(18-12-10-17(24)11-13-18)22(28)19-14-16-8-4-5-9-20(16)26(23(19)29)21(27)15-6-2-3-7-15/h4-5,8-15H,2-3,6-7H2,1H3. The maximum absolute atomic E-state index is 13.3.